The highest BCUT2D eigenvalue weighted by atomic mass is 35.5. The van der Waals surface area contributed by atoms with Crippen LogP contribution in [0, 0.1) is 0 Å². The summed E-state index contributed by atoms with van der Waals surface area (Å²) in [6.45, 7) is -0.463. The zero-order valence-corrected chi connectivity index (χ0v) is 7.93. The number of aromatic hydroxyl groups is 1. The molecule has 0 fully saturated rings. The summed E-state index contributed by atoms with van der Waals surface area (Å²) in [5, 5.41) is 9.31. The summed E-state index contributed by atoms with van der Waals surface area (Å²) in [6, 6.07) is 6.33. The fraction of sp³-hybridized carbons (Fsp3) is 0.333. The largest absolute Gasteiger partial charge is 0.508 e. The van der Waals surface area contributed by atoms with Gasteiger partial charge < -0.3 is 10.8 Å². The number of benzene rings is 1. The molecule has 0 aliphatic heterocycles. The van der Waals surface area contributed by atoms with Crippen molar-refractivity contribution >= 4 is 12.4 Å². The van der Waals surface area contributed by atoms with Gasteiger partial charge in [-0.15, -0.1) is 12.4 Å². The quantitative estimate of drug-likeness (QED) is 0.795. The topological polar surface area (TPSA) is 46.2 Å². The van der Waals surface area contributed by atoms with Crippen molar-refractivity contribution < 1.29 is 9.50 Å². The first-order valence-electron chi connectivity index (χ1n) is 3.85. The zero-order valence-electron chi connectivity index (χ0n) is 7.11. The van der Waals surface area contributed by atoms with Gasteiger partial charge in [0.2, 0.25) is 0 Å². The van der Waals surface area contributed by atoms with Gasteiger partial charge in [-0.25, -0.2) is 0 Å². The summed E-state index contributed by atoms with van der Waals surface area (Å²) >= 11 is 0. The number of phenolic OH excluding ortho intramolecular Hbond substituents is 1. The molecular weight excluding hydrogens is 193 g/mol. The van der Waals surface area contributed by atoms with Gasteiger partial charge in [0.1, 0.15) is 5.75 Å². The van der Waals surface area contributed by atoms with Crippen molar-refractivity contribution in [3.63, 3.8) is 0 Å². The number of hydrogen-bond donors (Lipinski definition) is 2. The Kier molecular flexibility index (Phi) is 5.42. The highest BCUT2D eigenvalue weighted by Crippen LogP contribution is 2.23. The third-order valence-corrected chi connectivity index (χ3v) is 1.76. The van der Waals surface area contributed by atoms with E-state index in [4.69, 9.17) is 5.73 Å². The first kappa shape index (κ1) is 12.2. The fourth-order valence-electron chi connectivity index (χ4n) is 1.07. The lowest BCUT2D eigenvalue weighted by atomic mass is 10.0. The Morgan fingerprint density at radius 2 is 2.00 bits per heavy atom. The molecule has 0 saturated heterocycles. The maximum Gasteiger partial charge on any atom is 0.120 e. The summed E-state index contributed by atoms with van der Waals surface area (Å²) in [5.74, 6) is 0.137. The lowest BCUT2D eigenvalue weighted by molar-refractivity contribution is 0.424. The number of nitrogens with two attached hydrogens (primary N) is 1. The van der Waals surface area contributed by atoms with Gasteiger partial charge in [0.25, 0.3) is 0 Å². The minimum absolute atomic E-state index is 0. The van der Waals surface area contributed by atoms with Gasteiger partial charge in [-0.2, -0.15) is 0 Å². The molecule has 1 atom stereocenters. The molecule has 0 unspecified atom stereocenters. The molecule has 0 heterocycles. The molecule has 0 spiro atoms. The van der Waals surface area contributed by atoms with E-state index in [2.05, 4.69) is 0 Å². The predicted octanol–water partition coefficient (Wildman–Crippen LogP) is 2.17. The van der Waals surface area contributed by atoms with E-state index in [0.29, 0.717) is 5.56 Å². The van der Waals surface area contributed by atoms with Gasteiger partial charge in [0.05, 0.1) is 6.67 Å². The number of alkyl halides is 1. The van der Waals surface area contributed by atoms with Crippen LogP contribution in [0.3, 0.4) is 0 Å². The lowest BCUT2D eigenvalue weighted by Crippen LogP contribution is -2.10. The normalized spacial score (nSPS) is 11.8. The monoisotopic (exact) mass is 205 g/mol. The molecule has 0 amide bonds. The maximum atomic E-state index is 11.9. The van der Waals surface area contributed by atoms with Crippen molar-refractivity contribution in [2.24, 2.45) is 5.73 Å². The third kappa shape index (κ3) is 3.20. The smallest absolute Gasteiger partial charge is 0.120 e. The van der Waals surface area contributed by atoms with Crippen molar-refractivity contribution in [1.29, 1.82) is 0 Å². The first-order valence-corrected chi connectivity index (χ1v) is 3.85. The van der Waals surface area contributed by atoms with E-state index in [1.165, 1.54) is 0 Å². The zero-order chi connectivity index (χ0) is 8.97. The number of para-hydroxylation sites is 1. The SMILES string of the molecule is Cl.N[C@@H](CCF)c1ccccc1O. The average molecular weight is 206 g/mol. The molecule has 0 aromatic heterocycles. The van der Waals surface area contributed by atoms with Crippen LogP contribution < -0.4 is 5.73 Å². The standard InChI is InChI=1S/C9H12FNO.ClH/c10-6-5-8(11)7-3-1-2-4-9(7)12;/h1-4,8,12H,5-6,11H2;1H/t8-;/m0./s1. The molecule has 0 saturated carbocycles. The number of hydrogen-bond acceptors (Lipinski definition) is 2. The number of rotatable bonds is 3. The van der Waals surface area contributed by atoms with Gasteiger partial charge in [-0.1, -0.05) is 18.2 Å². The van der Waals surface area contributed by atoms with Crippen LogP contribution >= 0.6 is 12.4 Å². The molecule has 13 heavy (non-hydrogen) atoms. The predicted molar refractivity (Wildman–Crippen MR) is 52.9 cm³/mol. The van der Waals surface area contributed by atoms with Crippen LogP contribution in [0.4, 0.5) is 4.39 Å². The van der Waals surface area contributed by atoms with Crippen LogP contribution in [0.25, 0.3) is 0 Å². The molecule has 1 rings (SSSR count). The Morgan fingerprint density at radius 1 is 1.38 bits per heavy atom. The van der Waals surface area contributed by atoms with Crippen LogP contribution in [-0.2, 0) is 0 Å². The summed E-state index contributed by atoms with van der Waals surface area (Å²) in [4.78, 5) is 0. The third-order valence-electron chi connectivity index (χ3n) is 1.76. The molecule has 0 aliphatic carbocycles. The van der Waals surface area contributed by atoms with Crippen LogP contribution in [0.2, 0.25) is 0 Å². The van der Waals surface area contributed by atoms with Crippen LogP contribution in [-0.4, -0.2) is 11.8 Å². The van der Waals surface area contributed by atoms with Gasteiger partial charge in [-0.3, -0.25) is 4.39 Å². The van der Waals surface area contributed by atoms with Crippen LogP contribution in [0.15, 0.2) is 24.3 Å². The van der Waals surface area contributed by atoms with Gasteiger partial charge in [0, 0.05) is 11.6 Å². The summed E-state index contributed by atoms with van der Waals surface area (Å²) < 4.78 is 11.9. The Bertz CT molecular complexity index is 257. The van der Waals surface area contributed by atoms with E-state index in [0.717, 1.165) is 0 Å². The second kappa shape index (κ2) is 5.78. The molecule has 3 N–H and O–H groups in total. The van der Waals surface area contributed by atoms with Crippen molar-refractivity contribution in [2.45, 2.75) is 12.5 Å². The van der Waals surface area contributed by atoms with E-state index in [-0.39, 0.29) is 24.6 Å². The fourth-order valence-corrected chi connectivity index (χ4v) is 1.07. The van der Waals surface area contributed by atoms with E-state index in [9.17, 15) is 9.50 Å². The molecule has 0 radical (unpaired) electrons. The summed E-state index contributed by atoms with van der Waals surface area (Å²) in [7, 11) is 0. The molecule has 0 aliphatic rings. The number of halogens is 2. The molecular formula is C9H13ClFNO. The number of phenols is 1. The Labute approximate surface area is 83.0 Å². The summed E-state index contributed by atoms with van der Waals surface area (Å²) in [5.41, 5.74) is 6.21. The molecule has 1 aromatic carbocycles. The van der Waals surface area contributed by atoms with Crippen molar-refractivity contribution in [2.75, 3.05) is 6.67 Å². The van der Waals surface area contributed by atoms with Crippen LogP contribution in [0.5, 0.6) is 5.75 Å². The molecule has 74 valence electrons. The highest BCUT2D eigenvalue weighted by molar-refractivity contribution is 5.85. The maximum absolute atomic E-state index is 11.9. The van der Waals surface area contributed by atoms with Gasteiger partial charge in [0.15, 0.2) is 0 Å². The van der Waals surface area contributed by atoms with Gasteiger partial charge in [-0.05, 0) is 12.5 Å². The highest BCUT2D eigenvalue weighted by Gasteiger charge is 2.08. The first-order chi connectivity index (χ1) is 5.75. The minimum Gasteiger partial charge on any atom is -0.508 e. The second-order valence-electron chi connectivity index (χ2n) is 2.64. The van der Waals surface area contributed by atoms with Crippen molar-refractivity contribution in [3.05, 3.63) is 29.8 Å². The molecule has 1 aromatic rings. The van der Waals surface area contributed by atoms with E-state index in [1.54, 1.807) is 24.3 Å². The minimum atomic E-state index is -0.463. The van der Waals surface area contributed by atoms with Crippen LogP contribution in [0.1, 0.15) is 18.0 Å². The Hall–Kier alpha value is -0.800. The molecule has 0 bridgehead atoms. The molecule has 4 heteroatoms. The van der Waals surface area contributed by atoms with Crippen molar-refractivity contribution in [3.8, 4) is 5.75 Å². The second-order valence-corrected chi connectivity index (χ2v) is 2.64. The van der Waals surface area contributed by atoms with E-state index < -0.39 is 12.7 Å². The summed E-state index contributed by atoms with van der Waals surface area (Å²) in [6.07, 6.45) is 0.248. The van der Waals surface area contributed by atoms with Crippen molar-refractivity contribution in [1.82, 2.24) is 0 Å². The Balaban J connectivity index is 0.00000144. The average Bonchev–Trinajstić information content (AvgIpc) is 2.05. The lowest BCUT2D eigenvalue weighted by Gasteiger charge is -2.10. The van der Waals surface area contributed by atoms with Gasteiger partial charge >= 0.3 is 0 Å². The Morgan fingerprint density at radius 3 is 2.54 bits per heavy atom. The van der Waals surface area contributed by atoms with E-state index >= 15 is 0 Å². The molecule has 2 nitrogen and oxygen atoms in total. The van der Waals surface area contributed by atoms with E-state index in [1.807, 2.05) is 0 Å².